The van der Waals surface area contributed by atoms with E-state index >= 15 is 0 Å². The quantitative estimate of drug-likeness (QED) is 0.398. The van der Waals surface area contributed by atoms with Crippen molar-refractivity contribution in [1.29, 1.82) is 0 Å². The van der Waals surface area contributed by atoms with E-state index in [-0.39, 0.29) is 25.0 Å². The lowest BCUT2D eigenvalue weighted by atomic mass is 10.1. The Balaban J connectivity index is 2.29. The van der Waals surface area contributed by atoms with Crippen LogP contribution < -0.4 is 10.1 Å². The molecule has 174 valence electrons. The number of nitrogens with one attached hydrogen (secondary N) is 1. The van der Waals surface area contributed by atoms with Gasteiger partial charge in [-0.2, -0.15) is 0 Å². The molecular formula is C23H26BrCl3N2O3. The zero-order valence-electron chi connectivity index (χ0n) is 18.3. The predicted molar refractivity (Wildman–Crippen MR) is 134 cm³/mol. The molecule has 32 heavy (non-hydrogen) atoms. The van der Waals surface area contributed by atoms with Gasteiger partial charge in [0.15, 0.2) is 6.61 Å². The summed E-state index contributed by atoms with van der Waals surface area (Å²) in [5.41, 5.74) is 0.306. The van der Waals surface area contributed by atoms with Crippen LogP contribution in [0.4, 0.5) is 0 Å². The molecule has 0 aliphatic carbocycles. The van der Waals surface area contributed by atoms with Crippen molar-refractivity contribution < 1.29 is 14.3 Å². The number of carbonyl (C=O) groups excluding carboxylic acids is 2. The van der Waals surface area contributed by atoms with Crippen molar-refractivity contribution in [2.75, 3.05) is 6.61 Å². The summed E-state index contributed by atoms with van der Waals surface area (Å²) < 4.78 is 6.47. The van der Waals surface area contributed by atoms with Crippen molar-refractivity contribution in [3.8, 4) is 5.75 Å². The molecule has 0 saturated heterocycles. The van der Waals surface area contributed by atoms with E-state index in [1.807, 2.05) is 27.7 Å². The molecule has 0 fully saturated rings. The SMILES string of the molecule is CC[C@@H](C(=O)NC(C)(C)C)N(Cc1ccc(Cl)c(Cl)c1)C(=O)COc1ccc(Br)cc1Cl. The summed E-state index contributed by atoms with van der Waals surface area (Å²) in [6.45, 7) is 7.42. The number of ether oxygens (including phenoxy) is 1. The molecule has 2 rings (SSSR count). The Morgan fingerprint density at radius 2 is 1.75 bits per heavy atom. The number of amides is 2. The van der Waals surface area contributed by atoms with Crippen molar-refractivity contribution in [3.63, 3.8) is 0 Å². The third-order valence-corrected chi connectivity index (χ3v) is 5.99. The first-order valence-electron chi connectivity index (χ1n) is 10.0. The Morgan fingerprint density at radius 1 is 1.06 bits per heavy atom. The first-order valence-corrected chi connectivity index (χ1v) is 12.0. The van der Waals surface area contributed by atoms with E-state index in [0.717, 1.165) is 10.0 Å². The molecule has 1 N–H and O–H groups in total. The fourth-order valence-electron chi connectivity index (χ4n) is 3.02. The van der Waals surface area contributed by atoms with Crippen LogP contribution in [-0.2, 0) is 16.1 Å². The summed E-state index contributed by atoms with van der Waals surface area (Å²) in [7, 11) is 0. The summed E-state index contributed by atoms with van der Waals surface area (Å²) in [5.74, 6) is -0.217. The second-order valence-electron chi connectivity index (χ2n) is 8.30. The fraction of sp³-hybridized carbons (Fsp3) is 0.391. The second-order valence-corrected chi connectivity index (χ2v) is 10.4. The van der Waals surface area contributed by atoms with Gasteiger partial charge in [0.1, 0.15) is 11.8 Å². The normalized spacial score (nSPS) is 12.2. The van der Waals surface area contributed by atoms with Crippen molar-refractivity contribution in [1.82, 2.24) is 10.2 Å². The maximum absolute atomic E-state index is 13.2. The number of carbonyl (C=O) groups is 2. The van der Waals surface area contributed by atoms with Crippen molar-refractivity contribution >= 4 is 62.5 Å². The summed E-state index contributed by atoms with van der Waals surface area (Å²) in [5, 5.41) is 4.12. The monoisotopic (exact) mass is 562 g/mol. The largest absolute Gasteiger partial charge is 0.482 e. The molecule has 0 saturated carbocycles. The molecule has 0 unspecified atom stereocenters. The van der Waals surface area contributed by atoms with Crippen LogP contribution in [0.15, 0.2) is 40.9 Å². The van der Waals surface area contributed by atoms with E-state index in [2.05, 4.69) is 21.2 Å². The molecule has 9 heteroatoms. The molecule has 0 spiro atoms. The number of benzene rings is 2. The van der Waals surface area contributed by atoms with Gasteiger partial charge in [0.05, 0.1) is 15.1 Å². The summed E-state index contributed by atoms with van der Waals surface area (Å²) in [6, 6.07) is 9.55. The van der Waals surface area contributed by atoms with Crippen LogP contribution in [-0.4, -0.2) is 34.9 Å². The van der Waals surface area contributed by atoms with Gasteiger partial charge in [0.2, 0.25) is 5.91 Å². The minimum absolute atomic E-state index is 0.170. The Bertz CT molecular complexity index is 979. The molecule has 0 bridgehead atoms. The summed E-state index contributed by atoms with van der Waals surface area (Å²) in [4.78, 5) is 27.7. The summed E-state index contributed by atoms with van der Waals surface area (Å²) >= 11 is 21.7. The zero-order chi connectivity index (χ0) is 24.1. The third-order valence-electron chi connectivity index (χ3n) is 4.47. The second kappa shape index (κ2) is 11.6. The molecule has 2 aromatic rings. The smallest absolute Gasteiger partial charge is 0.261 e. The lowest BCUT2D eigenvalue weighted by Gasteiger charge is -2.33. The number of rotatable bonds is 8. The molecule has 1 atom stereocenters. The molecule has 0 heterocycles. The van der Waals surface area contributed by atoms with Crippen LogP contribution >= 0.6 is 50.7 Å². The third kappa shape index (κ3) is 7.84. The molecule has 2 aromatic carbocycles. The highest BCUT2D eigenvalue weighted by Gasteiger charge is 2.31. The molecule has 2 amide bonds. The van der Waals surface area contributed by atoms with E-state index in [0.29, 0.717) is 27.2 Å². The van der Waals surface area contributed by atoms with Gasteiger partial charge in [0, 0.05) is 16.6 Å². The van der Waals surface area contributed by atoms with Crippen LogP contribution in [0.3, 0.4) is 0 Å². The van der Waals surface area contributed by atoms with Crippen LogP contribution in [0.5, 0.6) is 5.75 Å². The first kappa shape index (κ1) is 26.8. The van der Waals surface area contributed by atoms with Crippen LogP contribution in [0, 0.1) is 0 Å². The van der Waals surface area contributed by atoms with Gasteiger partial charge in [0.25, 0.3) is 5.91 Å². The molecule has 5 nitrogen and oxygen atoms in total. The fourth-order valence-corrected chi connectivity index (χ4v) is 4.07. The molecular weight excluding hydrogens is 539 g/mol. The number of halogens is 4. The lowest BCUT2D eigenvalue weighted by molar-refractivity contribution is -0.143. The Morgan fingerprint density at radius 3 is 2.31 bits per heavy atom. The van der Waals surface area contributed by atoms with E-state index in [1.54, 1.807) is 36.4 Å². The summed E-state index contributed by atoms with van der Waals surface area (Å²) in [6.07, 6.45) is 0.425. The van der Waals surface area contributed by atoms with Crippen molar-refractivity contribution in [2.45, 2.75) is 52.2 Å². The molecule has 0 aliphatic rings. The Hall–Kier alpha value is -1.47. The minimum atomic E-state index is -0.694. The van der Waals surface area contributed by atoms with E-state index in [9.17, 15) is 9.59 Å². The highest BCUT2D eigenvalue weighted by Crippen LogP contribution is 2.28. The van der Waals surface area contributed by atoms with Gasteiger partial charge in [-0.3, -0.25) is 9.59 Å². The molecule has 0 aromatic heterocycles. The Labute approximate surface area is 212 Å². The van der Waals surface area contributed by atoms with Gasteiger partial charge in [-0.15, -0.1) is 0 Å². The van der Waals surface area contributed by atoms with Gasteiger partial charge in [-0.25, -0.2) is 0 Å². The number of nitrogens with zero attached hydrogens (tertiary/aromatic N) is 1. The van der Waals surface area contributed by atoms with Gasteiger partial charge in [-0.1, -0.05) is 63.7 Å². The predicted octanol–water partition coefficient (Wildman–Crippen LogP) is 6.51. The topological polar surface area (TPSA) is 58.6 Å². The first-order chi connectivity index (χ1) is 14.9. The van der Waals surface area contributed by atoms with Crippen molar-refractivity contribution in [3.05, 3.63) is 61.5 Å². The maximum atomic E-state index is 13.2. The van der Waals surface area contributed by atoms with Crippen LogP contribution in [0.2, 0.25) is 15.1 Å². The standard InChI is InChI=1S/C23H26BrCl3N2O3/c1-5-19(22(31)28-23(2,3)4)29(12-14-6-8-16(25)17(26)10-14)21(30)13-32-20-9-7-15(24)11-18(20)27/h6-11,19H,5,12-13H2,1-4H3,(H,28,31)/t19-/m0/s1. The van der Waals surface area contributed by atoms with E-state index in [1.165, 1.54) is 4.90 Å². The van der Waals surface area contributed by atoms with Gasteiger partial charge < -0.3 is 15.0 Å². The van der Waals surface area contributed by atoms with E-state index < -0.39 is 11.6 Å². The van der Waals surface area contributed by atoms with Crippen LogP contribution in [0.25, 0.3) is 0 Å². The maximum Gasteiger partial charge on any atom is 0.261 e. The average molecular weight is 565 g/mol. The lowest BCUT2D eigenvalue weighted by Crippen LogP contribution is -2.54. The highest BCUT2D eigenvalue weighted by molar-refractivity contribution is 9.10. The minimum Gasteiger partial charge on any atom is -0.482 e. The van der Waals surface area contributed by atoms with E-state index in [4.69, 9.17) is 39.5 Å². The molecule has 0 aliphatic heterocycles. The Kier molecular flexibility index (Phi) is 9.70. The van der Waals surface area contributed by atoms with Crippen LogP contribution in [0.1, 0.15) is 39.7 Å². The van der Waals surface area contributed by atoms with Gasteiger partial charge >= 0.3 is 0 Å². The number of hydrogen-bond acceptors (Lipinski definition) is 3. The highest BCUT2D eigenvalue weighted by atomic mass is 79.9. The average Bonchev–Trinajstić information content (AvgIpc) is 2.68. The molecule has 0 radical (unpaired) electrons. The van der Waals surface area contributed by atoms with Crippen molar-refractivity contribution in [2.24, 2.45) is 0 Å². The zero-order valence-corrected chi connectivity index (χ0v) is 22.2. The van der Waals surface area contributed by atoms with Gasteiger partial charge in [-0.05, 0) is 63.1 Å². The number of hydrogen-bond donors (Lipinski definition) is 1.